The first-order valence-electron chi connectivity index (χ1n) is 6.59. The van der Waals surface area contributed by atoms with Crippen LogP contribution in [0.25, 0.3) is 0 Å². The highest BCUT2D eigenvalue weighted by Crippen LogP contribution is 2.40. The summed E-state index contributed by atoms with van der Waals surface area (Å²) in [7, 11) is 0. The first kappa shape index (κ1) is 9.11. The Hall–Kier alpha value is -1.87. The summed E-state index contributed by atoms with van der Waals surface area (Å²) in [5, 5.41) is -0.178. The zero-order chi connectivity index (χ0) is 14.2. The van der Waals surface area contributed by atoms with Crippen LogP contribution in [0, 0.1) is 0 Å². The third-order valence-corrected chi connectivity index (χ3v) is 2.82. The van der Waals surface area contributed by atoms with Crippen molar-refractivity contribution < 1.29 is 12.2 Å². The fourth-order valence-corrected chi connectivity index (χ4v) is 2.01. The third kappa shape index (κ3) is 2.09. The van der Waals surface area contributed by atoms with Crippen molar-refractivity contribution in [1.82, 2.24) is 0 Å². The van der Waals surface area contributed by atoms with Crippen molar-refractivity contribution in [3.8, 4) is 0 Å². The summed E-state index contributed by atoms with van der Waals surface area (Å²) in [6.07, 6.45) is -3.46. The van der Waals surface area contributed by atoms with Gasteiger partial charge in [0.25, 0.3) is 0 Å². The van der Waals surface area contributed by atoms with E-state index in [0.29, 0.717) is 11.1 Å². The minimum Gasteiger partial charge on any atom is -0.444 e. The van der Waals surface area contributed by atoms with Gasteiger partial charge in [-0.05, 0) is 11.1 Å². The van der Waals surface area contributed by atoms with E-state index in [1.54, 1.807) is 48.5 Å². The molecule has 1 aliphatic heterocycles. The highest BCUT2D eigenvalue weighted by atomic mass is 32.1. The summed E-state index contributed by atoms with van der Waals surface area (Å²) in [5.41, 5.74) is 1.05. The van der Waals surface area contributed by atoms with Crippen molar-refractivity contribution in [2.45, 2.75) is 12.2 Å². The van der Waals surface area contributed by atoms with Crippen molar-refractivity contribution in [3.05, 3.63) is 71.8 Å². The number of benzene rings is 2. The Morgan fingerprint density at radius 2 is 1.17 bits per heavy atom. The molecule has 0 aliphatic carbocycles. The first-order chi connectivity index (χ1) is 9.56. The van der Waals surface area contributed by atoms with Crippen LogP contribution >= 0.6 is 12.2 Å². The minimum absolute atomic E-state index is 0.178. The van der Waals surface area contributed by atoms with Gasteiger partial charge in [-0.25, -0.2) is 0 Å². The fourth-order valence-electron chi connectivity index (χ4n) is 1.84. The lowest BCUT2D eigenvalue weighted by molar-refractivity contribution is 0.159. The molecule has 2 atom stereocenters. The number of ether oxygens (including phenoxy) is 2. The van der Waals surface area contributed by atoms with E-state index in [9.17, 15) is 0 Å². The molecule has 2 aromatic carbocycles. The average molecular weight is 258 g/mol. The van der Waals surface area contributed by atoms with Crippen molar-refractivity contribution >= 4 is 17.5 Å². The molecule has 90 valence electrons. The molecule has 1 heterocycles. The number of thiocarbonyl (C=S) groups is 1. The fraction of sp³-hybridized carbons (Fsp3) is 0.133. The highest BCUT2D eigenvalue weighted by Gasteiger charge is 2.36. The summed E-state index contributed by atoms with van der Waals surface area (Å²) in [6, 6.07) is 17.8. The third-order valence-electron chi connectivity index (χ3n) is 2.65. The van der Waals surface area contributed by atoms with Crippen LogP contribution in [0.3, 0.4) is 0 Å². The second kappa shape index (κ2) is 4.78. The predicted octanol–water partition coefficient (Wildman–Crippen LogP) is 3.80. The van der Waals surface area contributed by atoms with Gasteiger partial charge in [0.2, 0.25) is 0 Å². The highest BCUT2D eigenvalue weighted by molar-refractivity contribution is 7.79. The van der Waals surface area contributed by atoms with Gasteiger partial charge in [-0.15, -0.1) is 0 Å². The number of hydrogen-bond acceptors (Lipinski definition) is 3. The Kier molecular flexibility index (Phi) is 2.42. The van der Waals surface area contributed by atoms with Gasteiger partial charge in [0.05, 0.1) is 2.74 Å². The summed E-state index contributed by atoms with van der Waals surface area (Å²) in [6.45, 7) is 0. The van der Waals surface area contributed by atoms with Crippen molar-refractivity contribution in [2.24, 2.45) is 0 Å². The van der Waals surface area contributed by atoms with Gasteiger partial charge >= 0.3 is 5.24 Å². The van der Waals surface area contributed by atoms with Crippen LogP contribution in [0.1, 0.15) is 26.0 Å². The molecule has 0 spiro atoms. The van der Waals surface area contributed by atoms with Gasteiger partial charge in [0.15, 0.2) is 12.2 Å². The van der Waals surface area contributed by atoms with Gasteiger partial charge in [0, 0.05) is 12.2 Å². The van der Waals surface area contributed by atoms with Crippen molar-refractivity contribution in [2.75, 3.05) is 0 Å². The Morgan fingerprint density at radius 3 is 1.56 bits per heavy atom. The molecule has 1 saturated heterocycles. The molecule has 0 unspecified atom stereocenters. The smallest absolute Gasteiger partial charge is 0.353 e. The summed E-state index contributed by atoms with van der Waals surface area (Å²) < 4.78 is 28.0. The molecule has 2 nitrogen and oxygen atoms in total. The number of rotatable bonds is 2. The van der Waals surface area contributed by atoms with Gasteiger partial charge < -0.3 is 9.47 Å². The molecular weight excluding hydrogens is 244 g/mol. The lowest BCUT2D eigenvalue weighted by Crippen LogP contribution is -2.06. The molecule has 18 heavy (non-hydrogen) atoms. The Morgan fingerprint density at radius 1 is 0.778 bits per heavy atom. The standard InChI is InChI=1S/C15H12O2S/c18-15-16-13(11-7-3-1-4-8-11)14(17-15)12-9-5-2-6-10-12/h1-10,13-14H/t13-,14+/i13D,14D. The molecule has 3 heteroatoms. The SMILES string of the molecule is [2H][C@@]1(c2ccccc2)OC(=S)O[C@]1([2H])c1ccccc1. The topological polar surface area (TPSA) is 18.5 Å². The van der Waals surface area contributed by atoms with Crippen LogP contribution < -0.4 is 0 Å². The zero-order valence-corrected chi connectivity index (χ0v) is 10.3. The van der Waals surface area contributed by atoms with Crippen LogP contribution in [-0.4, -0.2) is 5.24 Å². The van der Waals surface area contributed by atoms with E-state index in [1.807, 2.05) is 12.1 Å². The van der Waals surface area contributed by atoms with Crippen LogP contribution in [0.5, 0.6) is 0 Å². The second-order valence-corrected chi connectivity index (χ2v) is 4.18. The van der Waals surface area contributed by atoms with E-state index in [-0.39, 0.29) is 5.24 Å². The van der Waals surface area contributed by atoms with Gasteiger partial charge in [-0.3, -0.25) is 0 Å². The average Bonchev–Trinajstić information content (AvgIpc) is 2.72. The maximum Gasteiger partial charge on any atom is 0.353 e. The monoisotopic (exact) mass is 258 g/mol. The molecular formula is C15H12O2S. The molecule has 0 saturated carbocycles. The van der Waals surface area contributed by atoms with E-state index >= 15 is 0 Å². The predicted molar refractivity (Wildman–Crippen MR) is 73.1 cm³/mol. The molecule has 0 bridgehead atoms. The van der Waals surface area contributed by atoms with Crippen LogP contribution in [0.2, 0.25) is 0 Å². The summed E-state index contributed by atoms with van der Waals surface area (Å²) in [4.78, 5) is 0. The van der Waals surface area contributed by atoms with Gasteiger partial charge in [-0.2, -0.15) is 0 Å². The largest absolute Gasteiger partial charge is 0.444 e. The summed E-state index contributed by atoms with van der Waals surface area (Å²) >= 11 is 4.93. The maximum absolute atomic E-state index is 8.62. The van der Waals surface area contributed by atoms with Crippen molar-refractivity contribution in [1.29, 1.82) is 0 Å². The quantitative estimate of drug-likeness (QED) is 0.763. The molecule has 1 aliphatic rings. The van der Waals surface area contributed by atoms with E-state index < -0.39 is 12.2 Å². The Balaban J connectivity index is 2.16. The normalized spacial score (nSPS) is 32.1. The van der Waals surface area contributed by atoms with Gasteiger partial charge in [-0.1, -0.05) is 60.7 Å². The van der Waals surface area contributed by atoms with Crippen molar-refractivity contribution in [3.63, 3.8) is 0 Å². The molecule has 0 aromatic heterocycles. The van der Waals surface area contributed by atoms with E-state index in [1.165, 1.54) is 0 Å². The zero-order valence-electron chi connectivity index (χ0n) is 11.5. The minimum atomic E-state index is -1.73. The second-order valence-electron chi connectivity index (χ2n) is 3.84. The first-order valence-corrected chi connectivity index (χ1v) is 6.00. The lowest BCUT2D eigenvalue weighted by Gasteiger charge is -2.16. The maximum atomic E-state index is 8.62. The molecule has 0 N–H and O–H groups in total. The lowest BCUT2D eigenvalue weighted by atomic mass is 9.99. The summed E-state index contributed by atoms with van der Waals surface area (Å²) in [5.74, 6) is 0. The van der Waals surface area contributed by atoms with Crippen LogP contribution in [0.15, 0.2) is 60.7 Å². The van der Waals surface area contributed by atoms with E-state index in [0.717, 1.165) is 0 Å². The molecule has 0 radical (unpaired) electrons. The molecule has 1 fully saturated rings. The molecule has 3 rings (SSSR count). The van der Waals surface area contributed by atoms with Crippen LogP contribution in [0.4, 0.5) is 0 Å². The Labute approximate surface area is 114 Å². The Bertz CT molecular complexity index is 579. The number of hydrogen-bond donors (Lipinski definition) is 0. The van der Waals surface area contributed by atoms with Crippen LogP contribution in [-0.2, 0) is 9.47 Å². The molecule has 2 aromatic rings. The molecule has 0 amide bonds. The van der Waals surface area contributed by atoms with Gasteiger partial charge in [0.1, 0.15) is 0 Å². The van der Waals surface area contributed by atoms with E-state index in [4.69, 9.17) is 24.4 Å². The van der Waals surface area contributed by atoms with E-state index in [2.05, 4.69) is 0 Å².